The van der Waals surface area contributed by atoms with Gasteiger partial charge in [0, 0.05) is 19.1 Å². The monoisotopic (exact) mass is 270 g/mol. The molecule has 0 amide bonds. The molecule has 108 valence electrons. The SMILES string of the molecule is C#CC(CCC)N1CC(C)(c2ccccc2)NCC1C. The van der Waals surface area contributed by atoms with E-state index in [2.05, 4.69) is 67.2 Å². The van der Waals surface area contributed by atoms with Crippen LogP contribution < -0.4 is 5.32 Å². The minimum Gasteiger partial charge on any atom is -0.305 e. The fraction of sp³-hybridized carbons (Fsp3) is 0.556. The Morgan fingerprint density at radius 2 is 2.15 bits per heavy atom. The fourth-order valence-corrected chi connectivity index (χ4v) is 3.10. The molecule has 1 aromatic rings. The van der Waals surface area contributed by atoms with Crippen molar-refractivity contribution in [3.63, 3.8) is 0 Å². The second kappa shape index (κ2) is 6.43. The van der Waals surface area contributed by atoms with Gasteiger partial charge in [0.1, 0.15) is 0 Å². The molecule has 1 aliphatic heterocycles. The van der Waals surface area contributed by atoms with E-state index in [-0.39, 0.29) is 11.6 Å². The van der Waals surface area contributed by atoms with Crippen molar-refractivity contribution in [1.82, 2.24) is 10.2 Å². The third-order valence-corrected chi connectivity index (χ3v) is 4.42. The first kappa shape index (κ1) is 15.1. The molecule has 1 aromatic carbocycles. The summed E-state index contributed by atoms with van der Waals surface area (Å²) in [6, 6.07) is 11.4. The Labute approximate surface area is 123 Å². The predicted octanol–water partition coefficient (Wildman–Crippen LogP) is 3.00. The molecule has 1 heterocycles. The van der Waals surface area contributed by atoms with Crippen LogP contribution in [0, 0.1) is 12.3 Å². The van der Waals surface area contributed by atoms with Crippen molar-refractivity contribution in [2.24, 2.45) is 0 Å². The van der Waals surface area contributed by atoms with Gasteiger partial charge in [-0.3, -0.25) is 4.90 Å². The molecule has 20 heavy (non-hydrogen) atoms. The Balaban J connectivity index is 2.21. The molecule has 2 nitrogen and oxygen atoms in total. The highest BCUT2D eigenvalue weighted by atomic mass is 15.3. The molecular formula is C18H26N2. The minimum absolute atomic E-state index is 0.0173. The van der Waals surface area contributed by atoms with Crippen molar-refractivity contribution < 1.29 is 0 Å². The molecule has 1 N–H and O–H groups in total. The molecule has 3 unspecified atom stereocenters. The van der Waals surface area contributed by atoms with E-state index in [0.29, 0.717) is 6.04 Å². The van der Waals surface area contributed by atoms with Crippen molar-refractivity contribution in [2.45, 2.75) is 51.2 Å². The van der Waals surface area contributed by atoms with E-state index in [9.17, 15) is 0 Å². The van der Waals surface area contributed by atoms with Crippen LogP contribution in [0.5, 0.6) is 0 Å². The van der Waals surface area contributed by atoms with Crippen molar-refractivity contribution in [3.8, 4) is 12.3 Å². The van der Waals surface area contributed by atoms with Gasteiger partial charge in [0.25, 0.3) is 0 Å². The predicted molar refractivity (Wildman–Crippen MR) is 85.5 cm³/mol. The van der Waals surface area contributed by atoms with Gasteiger partial charge >= 0.3 is 0 Å². The van der Waals surface area contributed by atoms with E-state index in [0.717, 1.165) is 25.9 Å². The number of benzene rings is 1. The minimum atomic E-state index is -0.0173. The molecule has 0 spiro atoms. The zero-order valence-corrected chi connectivity index (χ0v) is 12.9. The zero-order chi connectivity index (χ0) is 14.6. The molecule has 2 rings (SSSR count). The summed E-state index contributed by atoms with van der Waals surface area (Å²) >= 11 is 0. The second-order valence-electron chi connectivity index (χ2n) is 6.07. The van der Waals surface area contributed by atoms with Crippen LogP contribution in [0.1, 0.15) is 39.2 Å². The third-order valence-electron chi connectivity index (χ3n) is 4.42. The summed E-state index contributed by atoms with van der Waals surface area (Å²) in [7, 11) is 0. The van der Waals surface area contributed by atoms with E-state index < -0.39 is 0 Å². The average Bonchev–Trinajstić information content (AvgIpc) is 2.49. The standard InChI is InChI=1S/C18H26N2/c1-5-10-17(6-2)20-14-18(4,19-13-15(20)3)16-11-8-7-9-12-16/h2,7-9,11-12,15,17,19H,5,10,13-14H2,1,3-4H3. The van der Waals surface area contributed by atoms with Crippen molar-refractivity contribution >= 4 is 0 Å². The molecule has 0 radical (unpaired) electrons. The van der Waals surface area contributed by atoms with Gasteiger partial charge in [0.05, 0.1) is 11.6 Å². The Kier molecular flexibility index (Phi) is 4.86. The summed E-state index contributed by atoms with van der Waals surface area (Å²) in [4.78, 5) is 2.49. The van der Waals surface area contributed by atoms with Gasteiger partial charge < -0.3 is 5.32 Å². The second-order valence-corrected chi connectivity index (χ2v) is 6.07. The smallest absolute Gasteiger partial charge is 0.0715 e. The van der Waals surface area contributed by atoms with Crippen LogP contribution in [0.2, 0.25) is 0 Å². The molecule has 0 aliphatic carbocycles. The molecular weight excluding hydrogens is 244 g/mol. The van der Waals surface area contributed by atoms with Crippen molar-refractivity contribution in [1.29, 1.82) is 0 Å². The molecule has 1 saturated heterocycles. The van der Waals surface area contributed by atoms with Crippen LogP contribution in [0.25, 0.3) is 0 Å². The molecule has 0 bridgehead atoms. The van der Waals surface area contributed by atoms with Gasteiger partial charge in [-0.2, -0.15) is 0 Å². The van der Waals surface area contributed by atoms with Gasteiger partial charge in [0.2, 0.25) is 0 Å². The van der Waals surface area contributed by atoms with E-state index in [4.69, 9.17) is 6.42 Å². The highest BCUT2D eigenvalue weighted by Crippen LogP contribution is 2.28. The summed E-state index contributed by atoms with van der Waals surface area (Å²) in [5.74, 6) is 2.99. The van der Waals surface area contributed by atoms with Gasteiger partial charge in [-0.25, -0.2) is 0 Å². The molecule has 0 saturated carbocycles. The number of hydrogen-bond acceptors (Lipinski definition) is 2. The first-order chi connectivity index (χ1) is 9.60. The number of terminal acetylenes is 1. The lowest BCUT2D eigenvalue weighted by Crippen LogP contribution is -2.62. The maximum atomic E-state index is 5.77. The Morgan fingerprint density at radius 1 is 1.45 bits per heavy atom. The van der Waals surface area contributed by atoms with E-state index in [1.807, 2.05) is 0 Å². The Hall–Kier alpha value is -1.30. The quantitative estimate of drug-likeness (QED) is 0.846. The van der Waals surface area contributed by atoms with Crippen LogP contribution in [-0.2, 0) is 5.54 Å². The molecule has 1 fully saturated rings. The third kappa shape index (κ3) is 3.06. The summed E-state index contributed by atoms with van der Waals surface area (Å²) in [5.41, 5.74) is 1.32. The number of nitrogens with zero attached hydrogens (tertiary/aromatic N) is 1. The van der Waals surface area contributed by atoms with Gasteiger partial charge in [-0.15, -0.1) is 6.42 Å². The summed E-state index contributed by atoms with van der Waals surface area (Å²) in [6.07, 6.45) is 7.97. The molecule has 3 atom stereocenters. The maximum absolute atomic E-state index is 5.77. The highest BCUT2D eigenvalue weighted by molar-refractivity contribution is 5.25. The van der Waals surface area contributed by atoms with Crippen molar-refractivity contribution in [2.75, 3.05) is 13.1 Å². The number of rotatable bonds is 4. The topological polar surface area (TPSA) is 15.3 Å². The largest absolute Gasteiger partial charge is 0.305 e. The number of hydrogen-bond donors (Lipinski definition) is 1. The Bertz CT molecular complexity index is 462. The molecule has 1 aliphatic rings. The fourth-order valence-electron chi connectivity index (χ4n) is 3.10. The lowest BCUT2D eigenvalue weighted by molar-refractivity contribution is 0.0707. The first-order valence-electron chi connectivity index (χ1n) is 7.63. The van der Waals surface area contributed by atoms with Crippen LogP contribution in [0.4, 0.5) is 0 Å². The number of nitrogens with one attached hydrogen (secondary N) is 1. The first-order valence-corrected chi connectivity index (χ1v) is 7.63. The van der Waals surface area contributed by atoms with Gasteiger partial charge in [-0.1, -0.05) is 49.6 Å². The highest BCUT2D eigenvalue weighted by Gasteiger charge is 2.37. The van der Waals surface area contributed by atoms with Crippen LogP contribution in [0.3, 0.4) is 0 Å². The summed E-state index contributed by atoms with van der Waals surface area (Å²) in [5, 5.41) is 3.70. The van der Waals surface area contributed by atoms with Crippen LogP contribution in [0.15, 0.2) is 30.3 Å². The van der Waals surface area contributed by atoms with Crippen LogP contribution in [-0.4, -0.2) is 30.1 Å². The molecule has 0 aromatic heterocycles. The Morgan fingerprint density at radius 3 is 2.75 bits per heavy atom. The van der Waals surface area contributed by atoms with Crippen molar-refractivity contribution in [3.05, 3.63) is 35.9 Å². The van der Waals surface area contributed by atoms with Gasteiger partial charge in [-0.05, 0) is 25.8 Å². The molecule has 2 heteroatoms. The zero-order valence-electron chi connectivity index (χ0n) is 12.9. The lowest BCUT2D eigenvalue weighted by atomic mass is 9.87. The van der Waals surface area contributed by atoms with E-state index in [1.54, 1.807) is 0 Å². The summed E-state index contributed by atoms with van der Waals surface area (Å²) in [6.45, 7) is 8.69. The van der Waals surface area contributed by atoms with E-state index >= 15 is 0 Å². The summed E-state index contributed by atoms with van der Waals surface area (Å²) < 4.78 is 0. The number of piperazine rings is 1. The lowest BCUT2D eigenvalue weighted by Gasteiger charge is -2.47. The maximum Gasteiger partial charge on any atom is 0.0715 e. The average molecular weight is 270 g/mol. The van der Waals surface area contributed by atoms with Crippen LogP contribution >= 0.6 is 0 Å². The van der Waals surface area contributed by atoms with Gasteiger partial charge in [0.15, 0.2) is 0 Å². The normalized spacial score (nSPS) is 28.8. The van der Waals surface area contributed by atoms with E-state index in [1.165, 1.54) is 5.56 Å².